The molecule has 0 aliphatic heterocycles. The van der Waals surface area contributed by atoms with Crippen molar-refractivity contribution in [1.82, 2.24) is 9.55 Å². The molecule has 16 heavy (non-hydrogen) atoms. The molecule has 5 nitrogen and oxygen atoms in total. The summed E-state index contributed by atoms with van der Waals surface area (Å²) in [6.07, 6.45) is 0. The van der Waals surface area contributed by atoms with Crippen molar-refractivity contribution in [3.63, 3.8) is 0 Å². The number of fused-ring (bicyclic) bond motifs is 1. The van der Waals surface area contributed by atoms with E-state index in [2.05, 4.69) is 4.98 Å². The molecule has 0 N–H and O–H groups in total. The normalized spacial score (nSPS) is 10.1. The number of nitrogens with zero attached hydrogens (tertiary/aromatic N) is 3. The molecule has 0 radical (unpaired) electrons. The molecule has 2 aromatic heterocycles. The van der Waals surface area contributed by atoms with Gasteiger partial charge in [0.1, 0.15) is 11.6 Å². The Morgan fingerprint density at radius 1 is 1.50 bits per heavy atom. The molecule has 0 saturated heterocycles. The van der Waals surface area contributed by atoms with Gasteiger partial charge < -0.3 is 9.30 Å². The van der Waals surface area contributed by atoms with Gasteiger partial charge in [0.05, 0.1) is 18.1 Å². The number of pyridine rings is 2. The minimum absolute atomic E-state index is 0.0794. The molecule has 0 saturated carbocycles. The maximum Gasteiger partial charge on any atom is 0.268 e. The van der Waals surface area contributed by atoms with Crippen LogP contribution < -0.4 is 10.3 Å². The largest absolute Gasteiger partial charge is 0.481 e. The summed E-state index contributed by atoms with van der Waals surface area (Å²) in [6, 6.07) is 6.74. The van der Waals surface area contributed by atoms with Gasteiger partial charge in [-0.15, -0.1) is 0 Å². The second-order valence-electron chi connectivity index (χ2n) is 3.29. The SMILES string of the molecule is COc1ccc2c(cc(C#N)c(=O)n2C)n1. The fraction of sp³-hybridized carbons (Fsp3) is 0.182. The first kappa shape index (κ1) is 10.2. The van der Waals surface area contributed by atoms with Crippen molar-refractivity contribution in [2.75, 3.05) is 7.11 Å². The molecule has 0 aromatic carbocycles. The molecule has 2 aromatic rings. The summed E-state index contributed by atoms with van der Waals surface area (Å²) in [5, 5.41) is 8.81. The third-order valence-electron chi connectivity index (χ3n) is 2.38. The van der Waals surface area contributed by atoms with Gasteiger partial charge in [-0.1, -0.05) is 0 Å². The molecule has 0 aliphatic carbocycles. The summed E-state index contributed by atoms with van der Waals surface area (Å²) in [4.78, 5) is 15.8. The molecule has 2 rings (SSSR count). The van der Waals surface area contributed by atoms with Crippen LogP contribution in [-0.4, -0.2) is 16.7 Å². The predicted octanol–water partition coefficient (Wildman–Crippen LogP) is 0.814. The van der Waals surface area contributed by atoms with E-state index < -0.39 is 0 Å². The molecule has 0 atom stereocenters. The minimum Gasteiger partial charge on any atom is -0.481 e. The first-order valence-corrected chi connectivity index (χ1v) is 4.62. The lowest BCUT2D eigenvalue weighted by Crippen LogP contribution is -2.19. The van der Waals surface area contributed by atoms with Crippen molar-refractivity contribution in [3.05, 3.63) is 34.1 Å². The van der Waals surface area contributed by atoms with Gasteiger partial charge >= 0.3 is 0 Å². The van der Waals surface area contributed by atoms with Gasteiger partial charge in [-0.05, 0) is 12.1 Å². The first-order valence-electron chi connectivity index (χ1n) is 4.62. The maximum absolute atomic E-state index is 11.6. The lowest BCUT2D eigenvalue weighted by atomic mass is 10.2. The number of methoxy groups -OCH3 is 1. The van der Waals surface area contributed by atoms with Gasteiger partial charge in [0, 0.05) is 13.1 Å². The highest BCUT2D eigenvalue weighted by atomic mass is 16.5. The van der Waals surface area contributed by atoms with Gasteiger partial charge in [-0.3, -0.25) is 4.79 Å². The van der Waals surface area contributed by atoms with E-state index in [0.29, 0.717) is 16.9 Å². The second kappa shape index (κ2) is 3.66. The average Bonchev–Trinajstić information content (AvgIpc) is 2.33. The number of ether oxygens (including phenoxy) is 1. The van der Waals surface area contributed by atoms with Crippen LogP contribution in [0.3, 0.4) is 0 Å². The Morgan fingerprint density at radius 3 is 2.88 bits per heavy atom. The fourth-order valence-electron chi connectivity index (χ4n) is 1.52. The van der Waals surface area contributed by atoms with Crippen LogP contribution in [0.2, 0.25) is 0 Å². The van der Waals surface area contributed by atoms with Gasteiger partial charge in [0.25, 0.3) is 5.56 Å². The molecule has 0 fully saturated rings. The predicted molar refractivity (Wildman–Crippen MR) is 58.3 cm³/mol. The standard InChI is InChI=1S/C11H9N3O2/c1-14-9-3-4-10(16-2)13-8(9)5-7(6-12)11(14)15/h3-5H,1-2H3. The molecule has 0 bridgehead atoms. The molecule has 80 valence electrons. The maximum atomic E-state index is 11.6. The van der Waals surface area contributed by atoms with E-state index in [-0.39, 0.29) is 11.1 Å². The first-order chi connectivity index (χ1) is 7.67. The van der Waals surface area contributed by atoms with E-state index in [0.717, 1.165) is 0 Å². The summed E-state index contributed by atoms with van der Waals surface area (Å²) < 4.78 is 6.39. The van der Waals surface area contributed by atoms with E-state index in [1.165, 1.54) is 17.7 Å². The number of aryl methyl sites for hydroxylation is 1. The van der Waals surface area contributed by atoms with Crippen LogP contribution in [0.4, 0.5) is 0 Å². The Hall–Kier alpha value is -2.35. The lowest BCUT2D eigenvalue weighted by molar-refractivity contribution is 0.399. The van der Waals surface area contributed by atoms with Crippen molar-refractivity contribution in [2.24, 2.45) is 7.05 Å². The van der Waals surface area contributed by atoms with Crippen LogP contribution >= 0.6 is 0 Å². The zero-order valence-corrected chi connectivity index (χ0v) is 8.89. The van der Waals surface area contributed by atoms with Crippen LogP contribution in [0.15, 0.2) is 23.0 Å². The summed E-state index contributed by atoms with van der Waals surface area (Å²) in [5.74, 6) is 0.454. The number of hydrogen-bond donors (Lipinski definition) is 0. The monoisotopic (exact) mass is 215 g/mol. The molecule has 5 heteroatoms. The smallest absolute Gasteiger partial charge is 0.268 e. The van der Waals surface area contributed by atoms with Gasteiger partial charge in [0.15, 0.2) is 0 Å². The molecule has 0 aliphatic rings. The van der Waals surface area contributed by atoms with Crippen LogP contribution in [0, 0.1) is 11.3 Å². The lowest BCUT2D eigenvalue weighted by Gasteiger charge is -2.06. The second-order valence-corrected chi connectivity index (χ2v) is 3.29. The Morgan fingerprint density at radius 2 is 2.25 bits per heavy atom. The third-order valence-corrected chi connectivity index (χ3v) is 2.38. The highest BCUT2D eigenvalue weighted by Crippen LogP contribution is 2.15. The summed E-state index contributed by atoms with van der Waals surface area (Å²) in [5.41, 5.74) is 1.00. The summed E-state index contributed by atoms with van der Waals surface area (Å²) in [6.45, 7) is 0. The quantitative estimate of drug-likeness (QED) is 0.706. The van der Waals surface area contributed by atoms with E-state index in [9.17, 15) is 4.79 Å². The van der Waals surface area contributed by atoms with Crippen LogP contribution in [0.1, 0.15) is 5.56 Å². The number of hydrogen-bond acceptors (Lipinski definition) is 4. The number of rotatable bonds is 1. The highest BCUT2D eigenvalue weighted by molar-refractivity contribution is 5.76. The van der Waals surface area contributed by atoms with Crippen molar-refractivity contribution < 1.29 is 4.74 Å². The Bertz CT molecular complexity index is 653. The molecule has 0 spiro atoms. The molecule has 2 heterocycles. The van der Waals surface area contributed by atoms with Crippen LogP contribution in [0.5, 0.6) is 5.88 Å². The Kier molecular flexibility index (Phi) is 2.33. The van der Waals surface area contributed by atoms with Gasteiger partial charge in [-0.25, -0.2) is 4.98 Å². The molecule has 0 amide bonds. The van der Waals surface area contributed by atoms with E-state index in [1.807, 2.05) is 6.07 Å². The van der Waals surface area contributed by atoms with Crippen LogP contribution in [-0.2, 0) is 7.05 Å². The van der Waals surface area contributed by atoms with E-state index in [1.54, 1.807) is 19.2 Å². The number of nitriles is 1. The fourth-order valence-corrected chi connectivity index (χ4v) is 1.52. The van der Waals surface area contributed by atoms with Gasteiger partial charge in [-0.2, -0.15) is 5.26 Å². The Labute approximate surface area is 91.5 Å². The minimum atomic E-state index is -0.318. The highest BCUT2D eigenvalue weighted by Gasteiger charge is 2.07. The topological polar surface area (TPSA) is 67.9 Å². The van der Waals surface area contributed by atoms with Crippen molar-refractivity contribution in [2.45, 2.75) is 0 Å². The zero-order valence-electron chi connectivity index (χ0n) is 8.89. The summed E-state index contributed by atoms with van der Waals surface area (Å²) in [7, 11) is 3.13. The van der Waals surface area contributed by atoms with Crippen molar-refractivity contribution >= 4 is 11.0 Å². The molecular weight excluding hydrogens is 206 g/mol. The van der Waals surface area contributed by atoms with E-state index in [4.69, 9.17) is 10.00 Å². The molecule has 0 unspecified atom stereocenters. The Balaban J connectivity index is 2.89. The zero-order chi connectivity index (χ0) is 11.7. The van der Waals surface area contributed by atoms with Crippen LogP contribution in [0.25, 0.3) is 11.0 Å². The van der Waals surface area contributed by atoms with Crippen molar-refractivity contribution in [1.29, 1.82) is 5.26 Å². The molecular formula is C11H9N3O2. The van der Waals surface area contributed by atoms with Gasteiger partial charge in [0.2, 0.25) is 5.88 Å². The summed E-state index contributed by atoms with van der Waals surface area (Å²) >= 11 is 0. The number of aromatic nitrogens is 2. The average molecular weight is 215 g/mol. The van der Waals surface area contributed by atoms with E-state index >= 15 is 0 Å². The third kappa shape index (κ3) is 1.41. The van der Waals surface area contributed by atoms with Crippen molar-refractivity contribution in [3.8, 4) is 11.9 Å².